The minimum Gasteiger partial charge on any atom is -0.436 e. The molecular formula is C13H8BrClN2O. The van der Waals surface area contributed by atoms with Crippen molar-refractivity contribution >= 4 is 44.3 Å². The summed E-state index contributed by atoms with van der Waals surface area (Å²) in [7, 11) is 0. The van der Waals surface area contributed by atoms with E-state index in [9.17, 15) is 0 Å². The molecule has 0 radical (unpaired) electrons. The van der Waals surface area contributed by atoms with Gasteiger partial charge in [-0.25, -0.2) is 4.98 Å². The van der Waals surface area contributed by atoms with E-state index in [0.717, 1.165) is 15.6 Å². The summed E-state index contributed by atoms with van der Waals surface area (Å²) < 4.78 is 6.53. The summed E-state index contributed by atoms with van der Waals surface area (Å²) in [6.07, 6.45) is 0. The molecule has 0 aliphatic carbocycles. The predicted molar refractivity (Wildman–Crippen MR) is 76.6 cm³/mol. The molecule has 3 rings (SSSR count). The molecule has 5 heteroatoms. The summed E-state index contributed by atoms with van der Waals surface area (Å²) in [5.41, 5.74) is 8.67. The Balaban J connectivity index is 2.19. The first kappa shape index (κ1) is 11.6. The number of nitrogens with zero attached hydrogens (tertiary/aromatic N) is 1. The van der Waals surface area contributed by atoms with E-state index in [2.05, 4.69) is 20.9 Å². The number of nitrogen functional groups attached to an aromatic ring is 1. The summed E-state index contributed by atoms with van der Waals surface area (Å²) >= 11 is 9.35. The quantitative estimate of drug-likeness (QED) is 0.671. The van der Waals surface area contributed by atoms with Crippen molar-refractivity contribution in [2.75, 3.05) is 5.73 Å². The maximum Gasteiger partial charge on any atom is 0.228 e. The molecule has 0 bridgehead atoms. The molecule has 0 saturated carbocycles. The molecule has 2 aromatic carbocycles. The maximum atomic E-state index is 5.91. The van der Waals surface area contributed by atoms with Crippen LogP contribution in [0.25, 0.3) is 22.6 Å². The van der Waals surface area contributed by atoms with Crippen LogP contribution in [-0.4, -0.2) is 4.98 Å². The third-order valence-corrected chi connectivity index (χ3v) is 3.47. The molecule has 3 nitrogen and oxygen atoms in total. The number of aromatic nitrogens is 1. The number of rotatable bonds is 1. The van der Waals surface area contributed by atoms with Gasteiger partial charge in [0.15, 0.2) is 5.58 Å². The predicted octanol–water partition coefficient (Wildman–Crippen LogP) is 4.49. The van der Waals surface area contributed by atoms with Crippen molar-refractivity contribution in [1.29, 1.82) is 0 Å². The molecule has 0 aliphatic rings. The first-order chi connectivity index (χ1) is 8.63. The summed E-state index contributed by atoms with van der Waals surface area (Å²) in [5.74, 6) is 0.541. The minimum absolute atomic E-state index is 0.541. The summed E-state index contributed by atoms with van der Waals surface area (Å²) in [6.45, 7) is 0. The van der Waals surface area contributed by atoms with Crippen molar-refractivity contribution in [3.05, 3.63) is 45.9 Å². The van der Waals surface area contributed by atoms with Gasteiger partial charge in [0.25, 0.3) is 0 Å². The van der Waals surface area contributed by atoms with Crippen LogP contribution in [0.3, 0.4) is 0 Å². The van der Waals surface area contributed by atoms with E-state index < -0.39 is 0 Å². The number of oxazole rings is 1. The van der Waals surface area contributed by atoms with E-state index in [1.165, 1.54) is 0 Å². The van der Waals surface area contributed by atoms with Crippen LogP contribution in [0.1, 0.15) is 0 Å². The second-order valence-corrected chi connectivity index (χ2v) is 5.16. The van der Waals surface area contributed by atoms with Gasteiger partial charge in [0, 0.05) is 21.2 Å². The van der Waals surface area contributed by atoms with Crippen LogP contribution < -0.4 is 5.73 Å². The molecule has 0 spiro atoms. The lowest BCUT2D eigenvalue weighted by molar-refractivity contribution is 0.619. The van der Waals surface area contributed by atoms with Crippen LogP contribution in [0.5, 0.6) is 0 Å². The minimum atomic E-state index is 0.541. The Bertz CT molecular complexity index is 739. The lowest BCUT2D eigenvalue weighted by atomic mass is 10.2. The van der Waals surface area contributed by atoms with Gasteiger partial charge >= 0.3 is 0 Å². The Labute approximate surface area is 117 Å². The molecular weight excluding hydrogens is 316 g/mol. The Hall–Kier alpha value is -1.52. The van der Waals surface area contributed by atoms with Gasteiger partial charge in [-0.05, 0) is 46.3 Å². The zero-order chi connectivity index (χ0) is 12.7. The van der Waals surface area contributed by atoms with E-state index in [-0.39, 0.29) is 0 Å². The molecule has 0 atom stereocenters. The third kappa shape index (κ3) is 1.98. The van der Waals surface area contributed by atoms with Gasteiger partial charge in [-0.3, -0.25) is 0 Å². The molecule has 0 aliphatic heterocycles. The van der Waals surface area contributed by atoms with E-state index in [1.807, 2.05) is 12.1 Å². The molecule has 90 valence electrons. The fraction of sp³-hybridized carbons (Fsp3) is 0. The number of nitrogens with two attached hydrogens (primary N) is 1. The second kappa shape index (κ2) is 4.30. The standard InChI is InChI=1S/C13H8BrClN2O/c14-10-5-7(15)1-3-9(10)13-17-11-4-2-8(16)6-12(11)18-13/h1-6H,16H2. The van der Waals surface area contributed by atoms with Crippen molar-refractivity contribution in [1.82, 2.24) is 4.98 Å². The molecule has 2 N–H and O–H groups in total. The highest BCUT2D eigenvalue weighted by Crippen LogP contribution is 2.32. The average molecular weight is 324 g/mol. The Morgan fingerprint density at radius 1 is 1.17 bits per heavy atom. The van der Waals surface area contributed by atoms with Crippen molar-refractivity contribution < 1.29 is 4.42 Å². The van der Waals surface area contributed by atoms with Crippen LogP contribution in [-0.2, 0) is 0 Å². The van der Waals surface area contributed by atoms with Crippen LogP contribution in [0.2, 0.25) is 5.02 Å². The highest BCUT2D eigenvalue weighted by Gasteiger charge is 2.11. The van der Waals surface area contributed by atoms with Crippen molar-refractivity contribution in [2.45, 2.75) is 0 Å². The first-order valence-corrected chi connectivity index (χ1v) is 6.42. The van der Waals surface area contributed by atoms with Crippen molar-refractivity contribution in [2.24, 2.45) is 0 Å². The summed E-state index contributed by atoms with van der Waals surface area (Å²) in [4.78, 5) is 4.42. The fourth-order valence-electron chi connectivity index (χ4n) is 1.72. The van der Waals surface area contributed by atoms with Gasteiger partial charge in [0.1, 0.15) is 5.52 Å². The lowest BCUT2D eigenvalue weighted by Crippen LogP contribution is -1.81. The lowest BCUT2D eigenvalue weighted by Gasteiger charge is -1.99. The number of hydrogen-bond donors (Lipinski definition) is 1. The first-order valence-electron chi connectivity index (χ1n) is 5.25. The van der Waals surface area contributed by atoms with Crippen LogP contribution >= 0.6 is 27.5 Å². The van der Waals surface area contributed by atoms with Gasteiger partial charge in [0.2, 0.25) is 5.89 Å². The van der Waals surface area contributed by atoms with Crippen molar-refractivity contribution in [3.8, 4) is 11.5 Å². The number of benzene rings is 2. The Morgan fingerprint density at radius 3 is 2.78 bits per heavy atom. The highest BCUT2D eigenvalue weighted by atomic mass is 79.9. The molecule has 1 heterocycles. The van der Waals surface area contributed by atoms with E-state index in [1.54, 1.807) is 24.3 Å². The van der Waals surface area contributed by atoms with Gasteiger partial charge in [-0.15, -0.1) is 0 Å². The molecule has 0 amide bonds. The maximum absolute atomic E-state index is 5.91. The smallest absolute Gasteiger partial charge is 0.228 e. The van der Waals surface area contributed by atoms with E-state index in [4.69, 9.17) is 21.8 Å². The Kier molecular flexibility index (Phi) is 2.76. The van der Waals surface area contributed by atoms with Gasteiger partial charge in [-0.2, -0.15) is 0 Å². The van der Waals surface area contributed by atoms with Gasteiger partial charge in [0.05, 0.1) is 5.56 Å². The monoisotopic (exact) mass is 322 g/mol. The zero-order valence-corrected chi connectivity index (χ0v) is 11.5. The van der Waals surface area contributed by atoms with E-state index in [0.29, 0.717) is 22.2 Å². The largest absolute Gasteiger partial charge is 0.436 e. The van der Waals surface area contributed by atoms with Crippen LogP contribution in [0.4, 0.5) is 5.69 Å². The van der Waals surface area contributed by atoms with Gasteiger partial charge < -0.3 is 10.2 Å². The number of halogens is 2. The van der Waals surface area contributed by atoms with Crippen LogP contribution in [0, 0.1) is 0 Å². The number of hydrogen-bond acceptors (Lipinski definition) is 3. The van der Waals surface area contributed by atoms with Crippen LogP contribution in [0.15, 0.2) is 45.3 Å². The van der Waals surface area contributed by atoms with E-state index >= 15 is 0 Å². The zero-order valence-electron chi connectivity index (χ0n) is 9.15. The molecule has 0 saturated heterocycles. The summed E-state index contributed by atoms with van der Waals surface area (Å²) in [6, 6.07) is 10.9. The molecule has 1 aromatic heterocycles. The molecule has 0 unspecified atom stereocenters. The molecule has 3 aromatic rings. The topological polar surface area (TPSA) is 52.0 Å². The van der Waals surface area contributed by atoms with Crippen molar-refractivity contribution in [3.63, 3.8) is 0 Å². The third-order valence-electron chi connectivity index (χ3n) is 2.57. The normalized spacial score (nSPS) is 11.0. The molecule has 18 heavy (non-hydrogen) atoms. The summed E-state index contributed by atoms with van der Waals surface area (Å²) in [5, 5.41) is 0.658. The van der Waals surface area contributed by atoms with Gasteiger partial charge in [-0.1, -0.05) is 11.6 Å². The number of anilines is 1. The Morgan fingerprint density at radius 2 is 2.00 bits per heavy atom. The average Bonchev–Trinajstić information content (AvgIpc) is 2.71. The SMILES string of the molecule is Nc1ccc2nc(-c3ccc(Cl)cc3Br)oc2c1. The second-order valence-electron chi connectivity index (χ2n) is 3.87. The highest BCUT2D eigenvalue weighted by molar-refractivity contribution is 9.10. The fourth-order valence-corrected chi connectivity index (χ4v) is 2.57. The molecule has 0 fully saturated rings. The number of fused-ring (bicyclic) bond motifs is 1.